The molecule has 0 aromatic carbocycles. The van der Waals surface area contributed by atoms with Crippen molar-refractivity contribution in [1.29, 1.82) is 0 Å². The molecule has 1 nitrogen and oxygen atoms in total. The summed E-state index contributed by atoms with van der Waals surface area (Å²) in [4.78, 5) is 2.70. The van der Waals surface area contributed by atoms with E-state index in [1.54, 1.807) is 5.70 Å². The van der Waals surface area contributed by atoms with Gasteiger partial charge in [-0.3, -0.25) is 0 Å². The van der Waals surface area contributed by atoms with Crippen molar-refractivity contribution in [1.82, 2.24) is 4.90 Å². The minimum atomic E-state index is 0.657. The third kappa shape index (κ3) is 3.66. The highest BCUT2D eigenvalue weighted by molar-refractivity contribution is 14.1. The Morgan fingerprint density at radius 2 is 2.39 bits per heavy atom. The predicted molar refractivity (Wildman–Crippen MR) is 89.4 cm³/mol. The molecule has 18 heavy (non-hydrogen) atoms. The van der Waals surface area contributed by atoms with Crippen LogP contribution in [0, 0.1) is 0 Å². The first-order chi connectivity index (χ1) is 8.83. The number of rotatable bonds is 5. The summed E-state index contributed by atoms with van der Waals surface area (Å²) in [6.45, 7) is 2.39. The van der Waals surface area contributed by atoms with E-state index in [0.29, 0.717) is 12.1 Å². The first kappa shape index (κ1) is 14.2. The summed E-state index contributed by atoms with van der Waals surface area (Å²) in [5.74, 6) is 2.22. The monoisotopic (exact) mass is 354 g/mol. The molecule has 0 N–H and O–H groups in total. The number of alkyl halides is 1. The Morgan fingerprint density at radius 3 is 3.00 bits per heavy atom. The molecule has 0 amide bonds. The maximum Gasteiger partial charge on any atom is 0.143 e. The van der Waals surface area contributed by atoms with E-state index < -0.39 is 0 Å². The Balaban J connectivity index is 2.13. The molecule has 0 aromatic heterocycles. The first-order valence-corrected chi connectivity index (χ1v) is 8.54. The SMILES string of the molecule is C[C@@H](CCI)N(C1=CC=CCC1)[C@H]1C[B]C=CC1. The minimum Gasteiger partial charge on any atom is -0.369 e. The summed E-state index contributed by atoms with van der Waals surface area (Å²) in [6.07, 6.45) is 15.2. The predicted octanol–water partition coefficient (Wildman–Crippen LogP) is 4.14. The Kier molecular flexibility index (Phi) is 5.86. The lowest BCUT2D eigenvalue weighted by molar-refractivity contribution is 0.195. The zero-order valence-corrected chi connectivity index (χ0v) is 13.3. The zero-order valence-electron chi connectivity index (χ0n) is 11.2. The third-order valence-electron chi connectivity index (χ3n) is 3.81. The maximum atomic E-state index is 2.70. The summed E-state index contributed by atoms with van der Waals surface area (Å²) in [5, 5.41) is 0. The highest BCUT2D eigenvalue weighted by Gasteiger charge is 2.25. The van der Waals surface area contributed by atoms with E-state index in [-0.39, 0.29) is 0 Å². The molecule has 0 unspecified atom stereocenters. The molecule has 1 aliphatic carbocycles. The molecule has 1 radical (unpaired) electrons. The molecular weight excluding hydrogens is 332 g/mol. The summed E-state index contributed by atoms with van der Waals surface area (Å²) < 4.78 is 1.24. The average Bonchev–Trinajstić information content (AvgIpc) is 2.42. The fourth-order valence-corrected chi connectivity index (χ4v) is 3.77. The van der Waals surface area contributed by atoms with Gasteiger partial charge in [-0.1, -0.05) is 47.1 Å². The van der Waals surface area contributed by atoms with Crippen LogP contribution in [0.4, 0.5) is 0 Å². The number of hydrogen-bond donors (Lipinski definition) is 0. The molecular formula is C15H22BIN. The van der Waals surface area contributed by atoms with Gasteiger partial charge in [0.2, 0.25) is 0 Å². The Hall–Kier alpha value is -0.185. The molecule has 2 atom stereocenters. The molecule has 97 valence electrons. The van der Waals surface area contributed by atoms with Crippen LogP contribution in [0.3, 0.4) is 0 Å². The van der Waals surface area contributed by atoms with Gasteiger partial charge >= 0.3 is 0 Å². The molecule has 0 saturated carbocycles. The average molecular weight is 354 g/mol. The lowest BCUT2D eigenvalue weighted by Crippen LogP contribution is -2.42. The van der Waals surface area contributed by atoms with Gasteiger partial charge in [0, 0.05) is 22.2 Å². The number of allylic oxidation sites excluding steroid dienone is 4. The Bertz CT molecular complexity index is 348. The van der Waals surface area contributed by atoms with Crippen LogP contribution in [0.15, 0.2) is 36.0 Å². The lowest BCUT2D eigenvalue weighted by Gasteiger charge is -2.41. The van der Waals surface area contributed by atoms with Crippen LogP contribution >= 0.6 is 22.6 Å². The summed E-state index contributed by atoms with van der Waals surface area (Å²) >= 11 is 2.50. The summed E-state index contributed by atoms with van der Waals surface area (Å²) in [7, 11) is 2.32. The number of nitrogens with zero attached hydrogens (tertiary/aromatic N) is 1. The van der Waals surface area contributed by atoms with Gasteiger partial charge < -0.3 is 4.90 Å². The molecule has 0 spiro atoms. The summed E-state index contributed by atoms with van der Waals surface area (Å²) in [6, 6.07) is 1.33. The second kappa shape index (κ2) is 7.42. The maximum absolute atomic E-state index is 2.70. The Labute approximate surface area is 126 Å². The van der Waals surface area contributed by atoms with Crippen LogP contribution in [0.2, 0.25) is 6.32 Å². The second-order valence-electron chi connectivity index (χ2n) is 5.15. The minimum absolute atomic E-state index is 0.657. The van der Waals surface area contributed by atoms with Crippen molar-refractivity contribution >= 4 is 29.9 Å². The largest absolute Gasteiger partial charge is 0.369 e. The fraction of sp³-hybridized carbons (Fsp3) is 0.600. The molecule has 0 fully saturated rings. The van der Waals surface area contributed by atoms with Crippen molar-refractivity contribution in [2.24, 2.45) is 0 Å². The van der Waals surface area contributed by atoms with Crippen molar-refractivity contribution < 1.29 is 0 Å². The van der Waals surface area contributed by atoms with Gasteiger partial charge in [0.1, 0.15) is 7.28 Å². The molecule has 2 rings (SSSR count). The van der Waals surface area contributed by atoms with Gasteiger partial charge in [0.15, 0.2) is 0 Å². The zero-order chi connectivity index (χ0) is 12.8. The topological polar surface area (TPSA) is 3.24 Å². The van der Waals surface area contributed by atoms with Crippen LogP contribution in [0.1, 0.15) is 32.6 Å². The molecule has 0 saturated heterocycles. The first-order valence-electron chi connectivity index (χ1n) is 7.01. The highest BCUT2D eigenvalue weighted by atomic mass is 127. The second-order valence-corrected chi connectivity index (χ2v) is 6.23. The number of halogens is 1. The molecule has 3 heteroatoms. The van der Waals surface area contributed by atoms with Crippen molar-refractivity contribution in [3.8, 4) is 0 Å². The van der Waals surface area contributed by atoms with Gasteiger partial charge in [-0.2, -0.15) is 0 Å². The van der Waals surface area contributed by atoms with Crippen LogP contribution < -0.4 is 0 Å². The standard InChI is InChI=1S/C15H22BIN/c1-13(9-11-17)18(14-6-3-2-4-7-14)15-8-5-10-16-12-15/h2-3,5-6,10,13,15H,4,7-9,11-12H2,1H3/t13-,15+/m0/s1. The molecule has 1 heterocycles. The fourth-order valence-electron chi connectivity index (χ4n) is 2.87. The van der Waals surface area contributed by atoms with Gasteiger partial charge in [-0.05, 0) is 38.7 Å². The normalized spacial score (nSPS) is 24.3. The lowest BCUT2D eigenvalue weighted by atomic mass is 9.67. The van der Waals surface area contributed by atoms with E-state index in [1.165, 1.54) is 36.4 Å². The van der Waals surface area contributed by atoms with Crippen LogP contribution in [-0.2, 0) is 0 Å². The quantitative estimate of drug-likeness (QED) is 0.408. The molecule has 2 aliphatic rings. The summed E-state index contributed by atoms with van der Waals surface area (Å²) in [5.41, 5.74) is 1.54. The van der Waals surface area contributed by atoms with E-state index in [1.807, 2.05) is 0 Å². The van der Waals surface area contributed by atoms with E-state index in [2.05, 4.69) is 72.0 Å². The van der Waals surface area contributed by atoms with Crippen molar-refractivity contribution in [2.45, 2.75) is 51.0 Å². The van der Waals surface area contributed by atoms with E-state index in [4.69, 9.17) is 0 Å². The van der Waals surface area contributed by atoms with Crippen molar-refractivity contribution in [3.05, 3.63) is 36.0 Å². The van der Waals surface area contributed by atoms with Gasteiger partial charge in [-0.15, -0.1) is 5.98 Å². The Morgan fingerprint density at radius 1 is 1.50 bits per heavy atom. The van der Waals surface area contributed by atoms with E-state index in [0.717, 1.165) is 0 Å². The van der Waals surface area contributed by atoms with Gasteiger partial charge in [-0.25, -0.2) is 0 Å². The van der Waals surface area contributed by atoms with Crippen LogP contribution in [0.5, 0.6) is 0 Å². The smallest absolute Gasteiger partial charge is 0.143 e. The molecule has 0 aromatic rings. The van der Waals surface area contributed by atoms with Gasteiger partial charge in [0.05, 0.1) is 0 Å². The van der Waals surface area contributed by atoms with Crippen LogP contribution in [0.25, 0.3) is 0 Å². The van der Waals surface area contributed by atoms with Gasteiger partial charge in [0.25, 0.3) is 0 Å². The van der Waals surface area contributed by atoms with Crippen molar-refractivity contribution in [2.75, 3.05) is 4.43 Å². The highest BCUT2D eigenvalue weighted by Crippen LogP contribution is 2.28. The van der Waals surface area contributed by atoms with Crippen molar-refractivity contribution in [3.63, 3.8) is 0 Å². The van der Waals surface area contributed by atoms with Crippen LogP contribution in [-0.4, -0.2) is 28.7 Å². The third-order valence-corrected chi connectivity index (χ3v) is 4.43. The molecule has 0 bridgehead atoms. The van der Waals surface area contributed by atoms with E-state index >= 15 is 0 Å². The molecule has 1 aliphatic heterocycles. The van der Waals surface area contributed by atoms with E-state index in [9.17, 15) is 0 Å². The number of hydrogen-bond acceptors (Lipinski definition) is 1.